The average Bonchev–Trinajstić information content (AvgIpc) is 2.40. The average molecular weight is 278 g/mol. The second kappa shape index (κ2) is 7.29. The minimum absolute atomic E-state index is 0. The lowest BCUT2D eigenvalue weighted by atomic mass is 9.96. The molecule has 2 aromatic rings. The molecule has 0 spiro atoms. The van der Waals surface area contributed by atoms with Crippen LogP contribution >= 0.6 is 12.4 Å². The van der Waals surface area contributed by atoms with Gasteiger partial charge in [0, 0.05) is 12.6 Å². The molecular weight excluding hydrogens is 258 g/mol. The van der Waals surface area contributed by atoms with Gasteiger partial charge < -0.3 is 10.8 Å². The highest BCUT2D eigenvalue weighted by molar-refractivity contribution is 5.85. The standard InChI is InChI=1S/C16H19NO.ClH/c1-12-5-2-3-8-15(12)13-6-4-7-14(11-13)16(17)9-10-18;/h2-8,11,16,18H,9-10,17H2,1H3;1H. The van der Waals surface area contributed by atoms with Gasteiger partial charge >= 0.3 is 0 Å². The van der Waals surface area contributed by atoms with E-state index in [1.807, 2.05) is 24.3 Å². The first-order chi connectivity index (χ1) is 8.72. The summed E-state index contributed by atoms with van der Waals surface area (Å²) in [4.78, 5) is 0. The van der Waals surface area contributed by atoms with Crippen LogP contribution in [0.2, 0.25) is 0 Å². The number of aliphatic hydroxyl groups is 1. The van der Waals surface area contributed by atoms with Gasteiger partial charge in [0.05, 0.1) is 0 Å². The largest absolute Gasteiger partial charge is 0.396 e. The molecule has 3 N–H and O–H groups in total. The molecule has 1 unspecified atom stereocenters. The Bertz CT molecular complexity index is 528. The molecule has 0 saturated carbocycles. The lowest BCUT2D eigenvalue weighted by molar-refractivity contribution is 0.276. The predicted octanol–water partition coefficient (Wildman–Crippen LogP) is 3.47. The molecule has 1 atom stereocenters. The van der Waals surface area contributed by atoms with Gasteiger partial charge in [-0.05, 0) is 41.7 Å². The molecule has 0 aromatic heterocycles. The number of hydrogen-bond acceptors (Lipinski definition) is 2. The normalized spacial score (nSPS) is 11.7. The van der Waals surface area contributed by atoms with Crippen LogP contribution < -0.4 is 5.73 Å². The number of aryl methyl sites for hydroxylation is 1. The first-order valence-corrected chi connectivity index (χ1v) is 6.25. The maximum atomic E-state index is 8.95. The van der Waals surface area contributed by atoms with E-state index < -0.39 is 0 Å². The highest BCUT2D eigenvalue weighted by atomic mass is 35.5. The molecule has 0 saturated heterocycles. The zero-order valence-corrected chi connectivity index (χ0v) is 11.9. The summed E-state index contributed by atoms with van der Waals surface area (Å²) < 4.78 is 0. The van der Waals surface area contributed by atoms with Crippen molar-refractivity contribution in [3.8, 4) is 11.1 Å². The van der Waals surface area contributed by atoms with Crippen LogP contribution in [0.15, 0.2) is 48.5 Å². The summed E-state index contributed by atoms with van der Waals surface area (Å²) in [6.45, 7) is 2.23. The van der Waals surface area contributed by atoms with Gasteiger partial charge in [0.1, 0.15) is 0 Å². The van der Waals surface area contributed by atoms with Crippen molar-refractivity contribution in [3.05, 3.63) is 59.7 Å². The molecule has 2 aromatic carbocycles. The lowest BCUT2D eigenvalue weighted by Gasteiger charge is -2.13. The van der Waals surface area contributed by atoms with Crippen molar-refractivity contribution in [1.29, 1.82) is 0 Å². The van der Waals surface area contributed by atoms with Crippen molar-refractivity contribution in [2.24, 2.45) is 5.73 Å². The maximum Gasteiger partial charge on any atom is 0.0449 e. The Hall–Kier alpha value is -1.35. The number of halogens is 1. The van der Waals surface area contributed by atoms with E-state index in [1.54, 1.807) is 0 Å². The Kier molecular flexibility index (Phi) is 6.03. The smallest absolute Gasteiger partial charge is 0.0449 e. The van der Waals surface area contributed by atoms with Crippen LogP contribution in [0.4, 0.5) is 0 Å². The first-order valence-electron chi connectivity index (χ1n) is 6.25. The lowest BCUT2D eigenvalue weighted by Crippen LogP contribution is -2.11. The Balaban J connectivity index is 0.00000180. The molecule has 0 fully saturated rings. The van der Waals surface area contributed by atoms with E-state index in [2.05, 4.69) is 31.2 Å². The van der Waals surface area contributed by atoms with Gasteiger partial charge in [0.15, 0.2) is 0 Å². The zero-order chi connectivity index (χ0) is 13.0. The Morgan fingerprint density at radius 3 is 2.53 bits per heavy atom. The molecule has 0 bridgehead atoms. The minimum Gasteiger partial charge on any atom is -0.396 e. The number of benzene rings is 2. The fraction of sp³-hybridized carbons (Fsp3) is 0.250. The molecule has 0 aliphatic rings. The molecule has 102 valence electrons. The molecule has 0 radical (unpaired) electrons. The third-order valence-electron chi connectivity index (χ3n) is 3.21. The second-order valence-corrected chi connectivity index (χ2v) is 4.56. The van der Waals surface area contributed by atoms with Crippen molar-refractivity contribution in [2.75, 3.05) is 6.61 Å². The second-order valence-electron chi connectivity index (χ2n) is 4.56. The topological polar surface area (TPSA) is 46.2 Å². The van der Waals surface area contributed by atoms with E-state index in [4.69, 9.17) is 10.8 Å². The Morgan fingerprint density at radius 1 is 1.11 bits per heavy atom. The molecule has 0 amide bonds. The van der Waals surface area contributed by atoms with Gasteiger partial charge in [-0.1, -0.05) is 42.5 Å². The number of aliphatic hydroxyl groups excluding tert-OH is 1. The SMILES string of the molecule is Cc1ccccc1-c1cccc(C(N)CCO)c1.Cl. The van der Waals surface area contributed by atoms with Crippen LogP contribution in [0, 0.1) is 6.92 Å². The summed E-state index contributed by atoms with van der Waals surface area (Å²) in [6, 6.07) is 16.5. The predicted molar refractivity (Wildman–Crippen MR) is 82.5 cm³/mol. The van der Waals surface area contributed by atoms with Crippen LogP contribution in [-0.4, -0.2) is 11.7 Å². The van der Waals surface area contributed by atoms with Gasteiger partial charge in [-0.2, -0.15) is 0 Å². The van der Waals surface area contributed by atoms with Gasteiger partial charge in [-0.15, -0.1) is 12.4 Å². The summed E-state index contributed by atoms with van der Waals surface area (Å²) in [5, 5.41) is 8.95. The minimum atomic E-state index is -0.0982. The van der Waals surface area contributed by atoms with Crippen LogP contribution in [0.3, 0.4) is 0 Å². The van der Waals surface area contributed by atoms with Crippen molar-refractivity contribution < 1.29 is 5.11 Å². The monoisotopic (exact) mass is 277 g/mol. The summed E-state index contributed by atoms with van der Waals surface area (Å²) in [5.74, 6) is 0. The third kappa shape index (κ3) is 3.80. The number of nitrogens with two attached hydrogens (primary N) is 1. The van der Waals surface area contributed by atoms with Crippen LogP contribution in [-0.2, 0) is 0 Å². The molecule has 2 rings (SSSR count). The van der Waals surface area contributed by atoms with Crippen molar-refractivity contribution >= 4 is 12.4 Å². The molecule has 0 aliphatic heterocycles. The fourth-order valence-corrected chi connectivity index (χ4v) is 2.14. The summed E-state index contributed by atoms with van der Waals surface area (Å²) in [7, 11) is 0. The molecule has 19 heavy (non-hydrogen) atoms. The van der Waals surface area contributed by atoms with Crippen LogP contribution in [0.5, 0.6) is 0 Å². The molecule has 2 nitrogen and oxygen atoms in total. The number of hydrogen-bond donors (Lipinski definition) is 2. The van der Waals surface area contributed by atoms with Crippen molar-refractivity contribution in [1.82, 2.24) is 0 Å². The van der Waals surface area contributed by atoms with Crippen molar-refractivity contribution in [2.45, 2.75) is 19.4 Å². The fourth-order valence-electron chi connectivity index (χ4n) is 2.14. The highest BCUT2D eigenvalue weighted by Crippen LogP contribution is 2.26. The first kappa shape index (κ1) is 15.7. The van der Waals surface area contributed by atoms with E-state index >= 15 is 0 Å². The Labute approximate surface area is 120 Å². The summed E-state index contributed by atoms with van der Waals surface area (Å²) in [6.07, 6.45) is 0.594. The van der Waals surface area contributed by atoms with Crippen LogP contribution in [0.25, 0.3) is 11.1 Å². The van der Waals surface area contributed by atoms with E-state index in [-0.39, 0.29) is 25.1 Å². The quantitative estimate of drug-likeness (QED) is 0.899. The van der Waals surface area contributed by atoms with E-state index in [9.17, 15) is 0 Å². The maximum absolute atomic E-state index is 8.95. The molecule has 0 aliphatic carbocycles. The van der Waals surface area contributed by atoms with Gasteiger partial charge in [0.25, 0.3) is 0 Å². The molecule has 0 heterocycles. The highest BCUT2D eigenvalue weighted by Gasteiger charge is 2.07. The molecular formula is C16H20ClNO. The van der Waals surface area contributed by atoms with Crippen molar-refractivity contribution in [3.63, 3.8) is 0 Å². The summed E-state index contributed by atoms with van der Waals surface area (Å²) in [5.41, 5.74) is 10.8. The Morgan fingerprint density at radius 2 is 1.84 bits per heavy atom. The number of rotatable bonds is 4. The van der Waals surface area contributed by atoms with E-state index in [1.165, 1.54) is 16.7 Å². The zero-order valence-electron chi connectivity index (χ0n) is 11.0. The van der Waals surface area contributed by atoms with E-state index in [0.717, 1.165) is 5.56 Å². The van der Waals surface area contributed by atoms with Crippen LogP contribution in [0.1, 0.15) is 23.6 Å². The van der Waals surface area contributed by atoms with Gasteiger partial charge in [-0.25, -0.2) is 0 Å². The van der Waals surface area contributed by atoms with Gasteiger partial charge in [0.2, 0.25) is 0 Å². The molecule has 3 heteroatoms. The van der Waals surface area contributed by atoms with Gasteiger partial charge in [-0.3, -0.25) is 0 Å². The van der Waals surface area contributed by atoms with E-state index in [0.29, 0.717) is 6.42 Å². The third-order valence-corrected chi connectivity index (χ3v) is 3.21. The summed E-state index contributed by atoms with van der Waals surface area (Å²) >= 11 is 0.